The molecule has 0 aliphatic carbocycles. The first-order valence-corrected chi connectivity index (χ1v) is 11.3. The van der Waals surface area contributed by atoms with E-state index in [0.717, 1.165) is 0 Å². The van der Waals surface area contributed by atoms with Crippen LogP contribution in [0.3, 0.4) is 0 Å². The highest BCUT2D eigenvalue weighted by molar-refractivity contribution is 7.27. The van der Waals surface area contributed by atoms with Gasteiger partial charge in [0, 0.05) is 30.9 Å². The van der Waals surface area contributed by atoms with Gasteiger partial charge in [0.25, 0.3) is 0 Å². The van der Waals surface area contributed by atoms with Crippen LogP contribution < -0.4 is 0 Å². The molecular formula is C26H15NS2. The third-order valence-electron chi connectivity index (χ3n) is 5.81. The van der Waals surface area contributed by atoms with E-state index < -0.39 is 0 Å². The number of benzene rings is 4. The van der Waals surface area contributed by atoms with Crippen molar-refractivity contribution in [3.8, 4) is 5.69 Å². The second-order valence-corrected chi connectivity index (χ2v) is 9.48. The molecule has 0 spiro atoms. The molecule has 0 N–H and O–H groups in total. The fraction of sp³-hybridized carbons (Fsp3) is 0. The number of para-hydroxylation sites is 1. The Labute approximate surface area is 175 Å². The van der Waals surface area contributed by atoms with Crippen LogP contribution in [0.5, 0.6) is 0 Å². The van der Waals surface area contributed by atoms with Gasteiger partial charge >= 0.3 is 0 Å². The summed E-state index contributed by atoms with van der Waals surface area (Å²) in [5, 5.41) is 5.36. The maximum atomic E-state index is 2.49. The van der Waals surface area contributed by atoms with Crippen LogP contribution in [0.25, 0.3) is 57.1 Å². The molecular weight excluding hydrogens is 390 g/mol. The Kier molecular flexibility index (Phi) is 3.09. The van der Waals surface area contributed by atoms with Gasteiger partial charge in [0.15, 0.2) is 0 Å². The summed E-state index contributed by atoms with van der Waals surface area (Å²) >= 11 is 3.79. The molecule has 136 valence electrons. The highest BCUT2D eigenvalue weighted by Crippen LogP contribution is 2.45. The number of aromatic nitrogens is 1. The predicted molar refractivity (Wildman–Crippen MR) is 129 cm³/mol. The molecule has 0 radical (unpaired) electrons. The van der Waals surface area contributed by atoms with Crippen molar-refractivity contribution in [2.45, 2.75) is 0 Å². The summed E-state index contributed by atoms with van der Waals surface area (Å²) in [6.45, 7) is 0. The zero-order valence-electron chi connectivity index (χ0n) is 15.4. The number of hydrogen-bond acceptors (Lipinski definition) is 2. The van der Waals surface area contributed by atoms with Gasteiger partial charge in [0.2, 0.25) is 0 Å². The largest absolute Gasteiger partial charge is 0.306 e. The quantitative estimate of drug-likeness (QED) is 0.258. The molecule has 0 saturated carbocycles. The average Bonchev–Trinajstić information content (AvgIpc) is 3.42. The van der Waals surface area contributed by atoms with Crippen molar-refractivity contribution < 1.29 is 0 Å². The molecule has 0 atom stereocenters. The lowest BCUT2D eigenvalue weighted by Gasteiger charge is -2.09. The molecule has 7 rings (SSSR count). The summed E-state index contributed by atoms with van der Waals surface area (Å²) in [4.78, 5) is 0. The Morgan fingerprint density at radius 1 is 0.483 bits per heavy atom. The maximum absolute atomic E-state index is 2.49. The van der Waals surface area contributed by atoms with Crippen LogP contribution in [0.1, 0.15) is 0 Å². The lowest BCUT2D eigenvalue weighted by Crippen LogP contribution is -1.93. The molecule has 0 amide bonds. The summed E-state index contributed by atoms with van der Waals surface area (Å²) in [5.41, 5.74) is 3.89. The van der Waals surface area contributed by atoms with E-state index in [4.69, 9.17) is 0 Å². The topological polar surface area (TPSA) is 4.93 Å². The Bertz CT molecular complexity index is 1710. The van der Waals surface area contributed by atoms with Crippen LogP contribution in [0.15, 0.2) is 91.0 Å². The van der Waals surface area contributed by atoms with Crippen molar-refractivity contribution in [3.05, 3.63) is 91.0 Å². The molecule has 3 aromatic heterocycles. The summed E-state index contributed by atoms with van der Waals surface area (Å²) in [6.07, 6.45) is 0. The Morgan fingerprint density at radius 2 is 1.10 bits per heavy atom. The van der Waals surface area contributed by atoms with E-state index >= 15 is 0 Å². The van der Waals surface area contributed by atoms with Gasteiger partial charge in [-0.2, -0.15) is 0 Å². The van der Waals surface area contributed by atoms with Crippen molar-refractivity contribution in [2.75, 3.05) is 0 Å². The first kappa shape index (κ1) is 15.7. The molecule has 3 heterocycles. The summed E-state index contributed by atoms with van der Waals surface area (Å²) in [7, 11) is 0. The molecule has 0 unspecified atom stereocenters. The third kappa shape index (κ3) is 2.04. The second kappa shape index (κ2) is 5.69. The molecule has 0 fully saturated rings. The van der Waals surface area contributed by atoms with E-state index in [0.29, 0.717) is 0 Å². The minimum absolute atomic E-state index is 1.28. The lowest BCUT2D eigenvalue weighted by molar-refractivity contribution is 1.21. The third-order valence-corrected chi connectivity index (χ3v) is 8.21. The second-order valence-electron chi connectivity index (χ2n) is 7.38. The zero-order chi connectivity index (χ0) is 18.9. The molecule has 0 saturated heterocycles. The molecule has 0 bridgehead atoms. The van der Waals surface area contributed by atoms with Gasteiger partial charge in [0.05, 0.1) is 26.1 Å². The van der Waals surface area contributed by atoms with Crippen LogP contribution in [-0.2, 0) is 0 Å². The minimum Gasteiger partial charge on any atom is -0.306 e. The van der Waals surface area contributed by atoms with Crippen LogP contribution in [0, 0.1) is 0 Å². The smallest absolute Gasteiger partial charge is 0.0728 e. The Morgan fingerprint density at radius 3 is 1.97 bits per heavy atom. The molecule has 29 heavy (non-hydrogen) atoms. The Hall–Kier alpha value is -3.14. The van der Waals surface area contributed by atoms with Crippen molar-refractivity contribution >= 4 is 74.1 Å². The normalized spacial score (nSPS) is 12.1. The van der Waals surface area contributed by atoms with Crippen molar-refractivity contribution in [1.29, 1.82) is 0 Å². The summed E-state index contributed by atoms with van der Waals surface area (Å²) in [6, 6.07) is 33.1. The van der Waals surface area contributed by atoms with Crippen LogP contribution in [0.2, 0.25) is 0 Å². The fourth-order valence-electron chi connectivity index (χ4n) is 4.58. The predicted octanol–water partition coefficient (Wildman–Crippen LogP) is 8.37. The highest BCUT2D eigenvalue weighted by Gasteiger charge is 2.19. The van der Waals surface area contributed by atoms with Gasteiger partial charge < -0.3 is 4.57 Å². The van der Waals surface area contributed by atoms with Gasteiger partial charge in [-0.1, -0.05) is 66.7 Å². The Balaban J connectivity index is 1.74. The maximum Gasteiger partial charge on any atom is 0.0728 e. The highest BCUT2D eigenvalue weighted by atomic mass is 32.1. The van der Waals surface area contributed by atoms with Gasteiger partial charge in [-0.05, 0) is 24.3 Å². The van der Waals surface area contributed by atoms with E-state index in [9.17, 15) is 0 Å². The average molecular weight is 406 g/mol. The van der Waals surface area contributed by atoms with Crippen molar-refractivity contribution in [2.24, 2.45) is 0 Å². The van der Waals surface area contributed by atoms with Crippen LogP contribution >= 0.6 is 22.7 Å². The lowest BCUT2D eigenvalue weighted by atomic mass is 10.1. The summed E-state index contributed by atoms with van der Waals surface area (Å²) in [5.74, 6) is 0. The van der Waals surface area contributed by atoms with Gasteiger partial charge in [0.1, 0.15) is 0 Å². The van der Waals surface area contributed by atoms with E-state index in [1.165, 1.54) is 57.1 Å². The monoisotopic (exact) mass is 405 g/mol. The summed E-state index contributed by atoms with van der Waals surface area (Å²) < 4.78 is 7.91. The van der Waals surface area contributed by atoms with Crippen molar-refractivity contribution in [3.63, 3.8) is 0 Å². The van der Waals surface area contributed by atoms with E-state index in [1.54, 1.807) is 0 Å². The number of rotatable bonds is 1. The first-order chi connectivity index (χ1) is 14.4. The SMILES string of the molecule is c1ccc2c(c1)sc1c(-n3c4ccccc4c4sc5ccccc5c43)cccc12. The molecule has 3 heteroatoms. The fourth-order valence-corrected chi connectivity index (χ4v) is 7.00. The van der Waals surface area contributed by atoms with Gasteiger partial charge in [-0.15, -0.1) is 22.7 Å². The van der Waals surface area contributed by atoms with Gasteiger partial charge in [-0.3, -0.25) is 0 Å². The van der Waals surface area contributed by atoms with Crippen molar-refractivity contribution in [1.82, 2.24) is 4.57 Å². The molecule has 7 aromatic rings. The van der Waals surface area contributed by atoms with E-state index in [2.05, 4.69) is 95.6 Å². The van der Waals surface area contributed by atoms with E-state index in [1.807, 2.05) is 22.7 Å². The number of thiophene rings is 2. The molecule has 4 aromatic carbocycles. The van der Waals surface area contributed by atoms with Crippen LogP contribution in [0.4, 0.5) is 0 Å². The van der Waals surface area contributed by atoms with Crippen LogP contribution in [-0.4, -0.2) is 4.57 Å². The zero-order valence-corrected chi connectivity index (χ0v) is 17.1. The van der Waals surface area contributed by atoms with Gasteiger partial charge in [-0.25, -0.2) is 0 Å². The molecule has 0 aliphatic rings. The molecule has 1 nitrogen and oxygen atoms in total. The first-order valence-electron chi connectivity index (χ1n) is 9.71. The standard InChI is InChI=1S/C26H15NS2/c1-4-12-20-18(9-1)26-24(19-10-3-6-15-23(19)29-26)27(20)21-13-7-11-17-16-8-2-5-14-22(16)28-25(17)21/h1-15H. The molecule has 0 aliphatic heterocycles. The number of nitrogens with zero attached hydrogens (tertiary/aromatic N) is 1. The minimum atomic E-state index is 1.28. The number of fused-ring (bicyclic) bond motifs is 8. The number of hydrogen-bond donors (Lipinski definition) is 0. The van der Waals surface area contributed by atoms with E-state index in [-0.39, 0.29) is 0 Å².